The molecule has 2 fully saturated rings. The van der Waals surface area contributed by atoms with E-state index in [2.05, 4.69) is 30.8 Å². The van der Waals surface area contributed by atoms with Crippen LogP contribution in [0.1, 0.15) is 74.9 Å². The number of nitrogens with one attached hydrogen (secondary N) is 1. The summed E-state index contributed by atoms with van der Waals surface area (Å²) >= 11 is 0. The Balaban J connectivity index is 1.68. The molecule has 0 amide bonds. The van der Waals surface area contributed by atoms with Crippen LogP contribution in [-0.2, 0) is 6.54 Å². The highest BCUT2D eigenvalue weighted by Gasteiger charge is 2.25. The maximum atomic E-state index is 4.86. The first kappa shape index (κ1) is 14.1. The van der Waals surface area contributed by atoms with E-state index in [0.717, 1.165) is 18.5 Å². The van der Waals surface area contributed by atoms with Crippen LogP contribution >= 0.6 is 0 Å². The Hall–Kier alpha value is -0.830. The van der Waals surface area contributed by atoms with Crippen molar-refractivity contribution in [2.45, 2.75) is 84.3 Å². The maximum Gasteiger partial charge on any atom is 0.0641 e. The monoisotopic (exact) mass is 275 g/mol. The molecule has 112 valence electrons. The highest BCUT2D eigenvalue weighted by atomic mass is 15.3. The van der Waals surface area contributed by atoms with Crippen LogP contribution in [0.15, 0.2) is 0 Å². The standard InChI is InChI=1S/C17H29N3/c1-4-14-5-9-16(10-6-14)20-13(3)17(12(2)19-20)11-18-15-7-8-15/h14-16,18H,4-11H2,1-3H3. The molecule has 3 nitrogen and oxygen atoms in total. The predicted octanol–water partition coefficient (Wildman–Crippen LogP) is 3.89. The minimum absolute atomic E-state index is 0.645. The van der Waals surface area contributed by atoms with Crippen molar-refractivity contribution < 1.29 is 0 Å². The third-order valence-electron chi connectivity index (χ3n) is 5.36. The number of hydrogen-bond acceptors (Lipinski definition) is 2. The molecule has 0 spiro atoms. The Morgan fingerprint density at radius 2 is 1.80 bits per heavy atom. The zero-order valence-corrected chi connectivity index (χ0v) is 13.3. The topological polar surface area (TPSA) is 29.9 Å². The fourth-order valence-electron chi connectivity index (χ4n) is 3.64. The molecule has 0 unspecified atom stereocenters. The van der Waals surface area contributed by atoms with Gasteiger partial charge >= 0.3 is 0 Å². The van der Waals surface area contributed by atoms with Gasteiger partial charge in [0.15, 0.2) is 0 Å². The second kappa shape index (κ2) is 5.88. The van der Waals surface area contributed by atoms with Crippen LogP contribution in [0.4, 0.5) is 0 Å². The maximum absolute atomic E-state index is 4.86. The molecule has 0 aliphatic heterocycles. The van der Waals surface area contributed by atoms with E-state index in [1.807, 2.05) is 0 Å². The van der Waals surface area contributed by atoms with E-state index in [0.29, 0.717) is 6.04 Å². The predicted molar refractivity (Wildman–Crippen MR) is 82.8 cm³/mol. The lowest BCUT2D eigenvalue weighted by Crippen LogP contribution is -2.20. The molecule has 1 N–H and O–H groups in total. The van der Waals surface area contributed by atoms with Crippen molar-refractivity contribution in [1.29, 1.82) is 0 Å². The van der Waals surface area contributed by atoms with Gasteiger partial charge in [0.1, 0.15) is 0 Å². The van der Waals surface area contributed by atoms with Crippen molar-refractivity contribution in [3.63, 3.8) is 0 Å². The van der Waals surface area contributed by atoms with Gasteiger partial charge in [-0.3, -0.25) is 4.68 Å². The Morgan fingerprint density at radius 1 is 1.10 bits per heavy atom. The molecule has 0 radical (unpaired) electrons. The largest absolute Gasteiger partial charge is 0.310 e. The summed E-state index contributed by atoms with van der Waals surface area (Å²) in [5.74, 6) is 0.958. The quantitative estimate of drug-likeness (QED) is 0.883. The summed E-state index contributed by atoms with van der Waals surface area (Å²) in [5, 5.41) is 8.49. The molecule has 3 heteroatoms. The molecule has 0 aromatic carbocycles. The average Bonchev–Trinajstić information content (AvgIpc) is 3.24. The lowest BCUT2D eigenvalue weighted by atomic mass is 9.84. The molecule has 3 rings (SSSR count). The van der Waals surface area contributed by atoms with Gasteiger partial charge in [-0.1, -0.05) is 13.3 Å². The second-order valence-electron chi connectivity index (χ2n) is 6.83. The summed E-state index contributed by atoms with van der Waals surface area (Å²) in [6, 6.07) is 1.42. The molecule has 2 aliphatic rings. The van der Waals surface area contributed by atoms with Crippen molar-refractivity contribution >= 4 is 0 Å². The van der Waals surface area contributed by atoms with Gasteiger partial charge in [-0.2, -0.15) is 5.10 Å². The normalized spacial score (nSPS) is 26.9. The summed E-state index contributed by atoms with van der Waals surface area (Å²) in [6.07, 6.45) is 9.46. The van der Waals surface area contributed by atoms with E-state index in [-0.39, 0.29) is 0 Å². The first-order valence-electron chi connectivity index (χ1n) is 8.47. The van der Waals surface area contributed by atoms with Gasteiger partial charge in [0.2, 0.25) is 0 Å². The van der Waals surface area contributed by atoms with Gasteiger partial charge in [0.05, 0.1) is 11.7 Å². The molecule has 1 aromatic rings. The fraction of sp³-hybridized carbons (Fsp3) is 0.824. The minimum Gasteiger partial charge on any atom is -0.310 e. The van der Waals surface area contributed by atoms with E-state index in [1.165, 1.54) is 61.9 Å². The van der Waals surface area contributed by atoms with Crippen molar-refractivity contribution in [2.75, 3.05) is 0 Å². The van der Waals surface area contributed by atoms with Crippen molar-refractivity contribution in [3.05, 3.63) is 17.0 Å². The Morgan fingerprint density at radius 3 is 2.40 bits per heavy atom. The van der Waals surface area contributed by atoms with Crippen LogP contribution in [0.3, 0.4) is 0 Å². The SMILES string of the molecule is CCC1CCC(n2nc(C)c(CNC3CC3)c2C)CC1. The molecule has 0 bridgehead atoms. The minimum atomic E-state index is 0.645. The molecule has 0 saturated heterocycles. The van der Waals surface area contributed by atoms with Crippen LogP contribution in [0.25, 0.3) is 0 Å². The highest BCUT2D eigenvalue weighted by molar-refractivity contribution is 5.25. The molecule has 0 atom stereocenters. The van der Waals surface area contributed by atoms with Crippen LogP contribution in [0.5, 0.6) is 0 Å². The molecule has 20 heavy (non-hydrogen) atoms. The van der Waals surface area contributed by atoms with E-state index >= 15 is 0 Å². The zero-order valence-electron chi connectivity index (χ0n) is 13.3. The molecule has 2 saturated carbocycles. The van der Waals surface area contributed by atoms with Crippen molar-refractivity contribution in [1.82, 2.24) is 15.1 Å². The average molecular weight is 275 g/mol. The summed E-state index contributed by atoms with van der Waals surface area (Å²) in [6.45, 7) is 7.77. The van der Waals surface area contributed by atoms with Gasteiger partial charge in [-0.15, -0.1) is 0 Å². The van der Waals surface area contributed by atoms with Crippen LogP contribution in [-0.4, -0.2) is 15.8 Å². The highest BCUT2D eigenvalue weighted by Crippen LogP contribution is 2.34. The van der Waals surface area contributed by atoms with Gasteiger partial charge in [0.25, 0.3) is 0 Å². The Kier molecular flexibility index (Phi) is 4.16. The first-order chi connectivity index (χ1) is 9.69. The summed E-state index contributed by atoms with van der Waals surface area (Å²) < 4.78 is 2.34. The number of aryl methyl sites for hydroxylation is 1. The Labute approximate surface area is 123 Å². The second-order valence-corrected chi connectivity index (χ2v) is 6.83. The summed E-state index contributed by atoms with van der Waals surface area (Å²) in [7, 11) is 0. The number of rotatable bonds is 5. The molecule has 2 aliphatic carbocycles. The molecular formula is C17H29N3. The van der Waals surface area contributed by atoms with E-state index in [4.69, 9.17) is 5.10 Å². The van der Waals surface area contributed by atoms with Gasteiger partial charge in [0, 0.05) is 23.8 Å². The number of hydrogen-bond donors (Lipinski definition) is 1. The third-order valence-corrected chi connectivity index (χ3v) is 5.36. The van der Waals surface area contributed by atoms with Crippen LogP contribution in [0, 0.1) is 19.8 Å². The lowest BCUT2D eigenvalue weighted by molar-refractivity contribution is 0.253. The van der Waals surface area contributed by atoms with E-state index in [9.17, 15) is 0 Å². The number of aromatic nitrogens is 2. The summed E-state index contributed by atoms with van der Waals surface area (Å²) in [5.41, 5.74) is 4.07. The number of nitrogens with zero attached hydrogens (tertiary/aromatic N) is 2. The third kappa shape index (κ3) is 2.93. The van der Waals surface area contributed by atoms with Gasteiger partial charge < -0.3 is 5.32 Å². The summed E-state index contributed by atoms with van der Waals surface area (Å²) in [4.78, 5) is 0. The smallest absolute Gasteiger partial charge is 0.0641 e. The van der Waals surface area contributed by atoms with Crippen molar-refractivity contribution in [2.24, 2.45) is 5.92 Å². The Bertz CT molecular complexity index is 451. The van der Waals surface area contributed by atoms with Gasteiger partial charge in [-0.05, 0) is 58.3 Å². The van der Waals surface area contributed by atoms with Crippen LogP contribution in [0.2, 0.25) is 0 Å². The van der Waals surface area contributed by atoms with E-state index in [1.54, 1.807) is 0 Å². The lowest BCUT2D eigenvalue weighted by Gasteiger charge is -2.28. The fourth-order valence-corrected chi connectivity index (χ4v) is 3.64. The van der Waals surface area contributed by atoms with Crippen molar-refractivity contribution in [3.8, 4) is 0 Å². The molecule has 1 aromatic heterocycles. The molecular weight excluding hydrogens is 246 g/mol. The van der Waals surface area contributed by atoms with Gasteiger partial charge in [-0.25, -0.2) is 0 Å². The van der Waals surface area contributed by atoms with Crippen LogP contribution < -0.4 is 5.32 Å². The molecule has 1 heterocycles. The van der Waals surface area contributed by atoms with E-state index < -0.39 is 0 Å². The first-order valence-corrected chi connectivity index (χ1v) is 8.47. The zero-order chi connectivity index (χ0) is 14.1.